The zero-order chi connectivity index (χ0) is 17.6. The van der Waals surface area contributed by atoms with Crippen LogP contribution < -0.4 is 10.0 Å². The first-order valence-corrected chi connectivity index (χ1v) is 8.84. The summed E-state index contributed by atoms with van der Waals surface area (Å²) in [5.74, 6) is -1.18. The fourth-order valence-electron chi connectivity index (χ4n) is 1.98. The second kappa shape index (κ2) is 8.28. The lowest BCUT2D eigenvalue weighted by molar-refractivity contribution is 0.0697. The van der Waals surface area contributed by atoms with E-state index >= 15 is 0 Å². The van der Waals surface area contributed by atoms with Gasteiger partial charge in [-0.1, -0.05) is 6.92 Å². The van der Waals surface area contributed by atoms with Crippen LogP contribution in [0.4, 0.5) is 5.69 Å². The van der Waals surface area contributed by atoms with E-state index in [0.717, 1.165) is 12.5 Å². The third-order valence-corrected chi connectivity index (χ3v) is 4.91. The number of carboxylic acid groups (broad SMARTS) is 1. The number of ether oxygens (including phenoxy) is 1. The van der Waals surface area contributed by atoms with Crippen molar-refractivity contribution in [1.82, 2.24) is 4.72 Å². The Bertz CT molecular complexity index is 645. The first kappa shape index (κ1) is 19.4. The average molecular weight is 344 g/mol. The van der Waals surface area contributed by atoms with Gasteiger partial charge in [-0.05, 0) is 38.5 Å². The van der Waals surface area contributed by atoms with Crippen LogP contribution in [0.25, 0.3) is 0 Å². The summed E-state index contributed by atoms with van der Waals surface area (Å²) in [5, 5.41) is 12.4. The molecular weight excluding hydrogens is 320 g/mol. The highest BCUT2D eigenvalue weighted by atomic mass is 32.2. The van der Waals surface area contributed by atoms with Gasteiger partial charge in [0, 0.05) is 24.9 Å². The largest absolute Gasteiger partial charge is 0.478 e. The van der Waals surface area contributed by atoms with Gasteiger partial charge in [0.1, 0.15) is 0 Å². The first-order chi connectivity index (χ1) is 10.7. The van der Waals surface area contributed by atoms with Crippen LogP contribution in [0, 0.1) is 0 Å². The molecule has 8 heteroatoms. The minimum atomic E-state index is -3.81. The summed E-state index contributed by atoms with van der Waals surface area (Å²) in [4.78, 5) is 11.3. The minimum absolute atomic E-state index is 0.0763. The molecular formula is C15H24N2O5S. The van der Waals surface area contributed by atoms with Gasteiger partial charge in [-0.2, -0.15) is 0 Å². The molecule has 0 saturated carbocycles. The van der Waals surface area contributed by atoms with E-state index in [0.29, 0.717) is 5.69 Å². The molecule has 0 heterocycles. The number of nitrogens with one attached hydrogen (secondary N) is 2. The van der Waals surface area contributed by atoms with Crippen LogP contribution in [0.1, 0.15) is 37.6 Å². The van der Waals surface area contributed by atoms with E-state index < -0.39 is 22.0 Å². The Kier molecular flexibility index (Phi) is 6.99. The van der Waals surface area contributed by atoms with E-state index in [4.69, 9.17) is 4.74 Å². The molecule has 0 aromatic heterocycles. The Hall–Kier alpha value is -1.64. The molecule has 2 atom stereocenters. The van der Waals surface area contributed by atoms with Crippen LogP contribution >= 0.6 is 0 Å². The van der Waals surface area contributed by atoms with Gasteiger partial charge < -0.3 is 15.2 Å². The van der Waals surface area contributed by atoms with Crippen LogP contribution in [-0.4, -0.2) is 45.3 Å². The maximum Gasteiger partial charge on any atom is 0.337 e. The first-order valence-electron chi connectivity index (χ1n) is 7.36. The summed E-state index contributed by atoms with van der Waals surface area (Å²) >= 11 is 0. The SMILES string of the molecule is CC[C@@H](C)Nc1ccc(S(=O)(=O)N[C@H](C)COC)cc1C(=O)O. The molecule has 0 aliphatic rings. The highest BCUT2D eigenvalue weighted by Crippen LogP contribution is 2.22. The molecule has 23 heavy (non-hydrogen) atoms. The molecule has 0 saturated heterocycles. The van der Waals surface area contributed by atoms with Crippen LogP contribution in [0.5, 0.6) is 0 Å². The van der Waals surface area contributed by atoms with Crippen molar-refractivity contribution in [2.75, 3.05) is 19.0 Å². The van der Waals surface area contributed by atoms with E-state index in [1.54, 1.807) is 6.92 Å². The molecule has 0 spiro atoms. The van der Waals surface area contributed by atoms with Crippen molar-refractivity contribution in [3.63, 3.8) is 0 Å². The van der Waals surface area contributed by atoms with Crippen molar-refractivity contribution in [1.29, 1.82) is 0 Å². The molecule has 1 aromatic carbocycles. The fourth-order valence-corrected chi connectivity index (χ4v) is 3.23. The zero-order valence-corrected chi connectivity index (χ0v) is 14.6. The van der Waals surface area contributed by atoms with E-state index in [2.05, 4.69) is 10.0 Å². The standard InChI is InChI=1S/C15H24N2O5S/c1-5-10(2)16-14-7-6-12(8-13(14)15(18)19)23(20,21)17-11(3)9-22-4/h6-8,10-11,16-17H,5,9H2,1-4H3,(H,18,19)/t10-,11-/m1/s1. The number of carbonyl (C=O) groups is 1. The van der Waals surface area contributed by atoms with E-state index in [-0.39, 0.29) is 23.1 Å². The van der Waals surface area contributed by atoms with Gasteiger partial charge in [-0.3, -0.25) is 0 Å². The molecule has 3 N–H and O–H groups in total. The number of rotatable bonds is 9. The molecule has 0 amide bonds. The Morgan fingerprint density at radius 2 is 1.96 bits per heavy atom. The van der Waals surface area contributed by atoms with Gasteiger partial charge in [0.25, 0.3) is 0 Å². The third-order valence-electron chi connectivity index (χ3n) is 3.32. The highest BCUT2D eigenvalue weighted by Gasteiger charge is 2.21. The van der Waals surface area contributed by atoms with Crippen LogP contribution in [0.15, 0.2) is 23.1 Å². The zero-order valence-electron chi connectivity index (χ0n) is 13.8. The topological polar surface area (TPSA) is 105 Å². The summed E-state index contributed by atoms with van der Waals surface area (Å²) in [6.45, 7) is 5.78. The number of methoxy groups -OCH3 is 1. The number of aromatic carboxylic acids is 1. The van der Waals surface area contributed by atoms with Crippen molar-refractivity contribution in [2.45, 2.75) is 44.2 Å². The van der Waals surface area contributed by atoms with Gasteiger partial charge >= 0.3 is 5.97 Å². The van der Waals surface area contributed by atoms with Gasteiger partial charge in [-0.25, -0.2) is 17.9 Å². The van der Waals surface area contributed by atoms with Gasteiger partial charge in [-0.15, -0.1) is 0 Å². The summed E-state index contributed by atoms with van der Waals surface area (Å²) < 4.78 is 31.9. The highest BCUT2D eigenvalue weighted by molar-refractivity contribution is 7.89. The van der Waals surface area contributed by atoms with Gasteiger partial charge in [0.15, 0.2) is 0 Å². The molecule has 0 unspecified atom stereocenters. The number of hydrogen-bond donors (Lipinski definition) is 3. The normalized spacial score (nSPS) is 14.3. The summed E-state index contributed by atoms with van der Waals surface area (Å²) in [6, 6.07) is 3.69. The number of carboxylic acids is 1. The van der Waals surface area contributed by atoms with E-state index in [1.807, 2.05) is 13.8 Å². The smallest absolute Gasteiger partial charge is 0.337 e. The maximum atomic E-state index is 12.3. The number of sulfonamides is 1. The summed E-state index contributed by atoms with van der Waals surface area (Å²) in [5.41, 5.74) is 0.323. The quantitative estimate of drug-likeness (QED) is 0.632. The van der Waals surface area contributed by atoms with Crippen LogP contribution in [0.3, 0.4) is 0 Å². The molecule has 1 rings (SSSR count). The van der Waals surface area contributed by atoms with Crippen LogP contribution in [0.2, 0.25) is 0 Å². The molecule has 0 aliphatic heterocycles. The predicted molar refractivity (Wildman–Crippen MR) is 88.4 cm³/mol. The predicted octanol–water partition coefficient (Wildman–Crippen LogP) is 1.91. The van der Waals surface area contributed by atoms with E-state index in [1.165, 1.54) is 19.2 Å². The van der Waals surface area contributed by atoms with Crippen molar-refractivity contribution >= 4 is 21.7 Å². The van der Waals surface area contributed by atoms with Crippen molar-refractivity contribution in [3.05, 3.63) is 23.8 Å². The van der Waals surface area contributed by atoms with Crippen molar-refractivity contribution in [3.8, 4) is 0 Å². The maximum absolute atomic E-state index is 12.3. The molecule has 130 valence electrons. The second-order valence-corrected chi connectivity index (χ2v) is 7.16. The Balaban J connectivity index is 3.14. The Morgan fingerprint density at radius 3 is 2.48 bits per heavy atom. The summed E-state index contributed by atoms with van der Waals surface area (Å²) in [6.07, 6.45) is 0.815. The average Bonchev–Trinajstić information content (AvgIpc) is 2.46. The number of hydrogen-bond acceptors (Lipinski definition) is 5. The van der Waals surface area contributed by atoms with Crippen LogP contribution in [-0.2, 0) is 14.8 Å². The fraction of sp³-hybridized carbons (Fsp3) is 0.533. The minimum Gasteiger partial charge on any atom is -0.478 e. The molecule has 0 fully saturated rings. The molecule has 7 nitrogen and oxygen atoms in total. The number of benzene rings is 1. The Labute approximate surface area is 137 Å². The van der Waals surface area contributed by atoms with Gasteiger partial charge in [0.05, 0.1) is 17.1 Å². The Morgan fingerprint density at radius 1 is 1.30 bits per heavy atom. The monoisotopic (exact) mass is 344 g/mol. The third kappa shape index (κ3) is 5.49. The van der Waals surface area contributed by atoms with Crippen molar-refractivity contribution in [2.24, 2.45) is 0 Å². The lowest BCUT2D eigenvalue weighted by Gasteiger charge is -2.17. The lowest BCUT2D eigenvalue weighted by atomic mass is 10.1. The molecule has 1 aromatic rings. The molecule has 0 aliphatic carbocycles. The summed E-state index contributed by atoms with van der Waals surface area (Å²) in [7, 11) is -2.33. The second-order valence-electron chi connectivity index (χ2n) is 5.44. The lowest BCUT2D eigenvalue weighted by Crippen LogP contribution is -2.35. The van der Waals surface area contributed by atoms with Crippen molar-refractivity contribution < 1.29 is 23.1 Å². The van der Waals surface area contributed by atoms with E-state index in [9.17, 15) is 18.3 Å². The molecule has 0 bridgehead atoms. The molecule has 0 radical (unpaired) electrons. The number of anilines is 1. The van der Waals surface area contributed by atoms with Gasteiger partial charge in [0.2, 0.25) is 10.0 Å².